The Balaban J connectivity index is 1.41. The van der Waals surface area contributed by atoms with Crippen LogP contribution in [0.25, 0.3) is 10.2 Å². The fourth-order valence-corrected chi connectivity index (χ4v) is 3.56. The molecule has 1 aliphatic rings. The average molecular weight is 330 g/mol. The molecule has 0 bridgehead atoms. The fraction of sp³-hybridized carbons (Fsp3) is 0.467. The van der Waals surface area contributed by atoms with E-state index in [0.717, 1.165) is 61.0 Å². The van der Waals surface area contributed by atoms with Crippen molar-refractivity contribution in [3.05, 3.63) is 29.5 Å². The molecule has 7 nitrogen and oxygen atoms in total. The smallest absolute Gasteiger partial charge is 0.240 e. The van der Waals surface area contributed by atoms with E-state index in [-0.39, 0.29) is 0 Å². The van der Waals surface area contributed by atoms with Crippen molar-refractivity contribution in [1.82, 2.24) is 25.0 Å². The van der Waals surface area contributed by atoms with Gasteiger partial charge in [0.05, 0.1) is 11.9 Å². The number of hydrogen-bond acceptors (Lipinski definition) is 8. The highest BCUT2D eigenvalue weighted by Gasteiger charge is 2.21. The molecular weight excluding hydrogens is 312 g/mol. The zero-order valence-corrected chi connectivity index (χ0v) is 13.8. The topological polar surface area (TPSA) is 71.2 Å². The van der Waals surface area contributed by atoms with Gasteiger partial charge in [-0.15, -0.1) is 11.3 Å². The lowest BCUT2D eigenvalue weighted by Crippen LogP contribution is -2.46. The van der Waals surface area contributed by atoms with Crippen LogP contribution in [0.5, 0.6) is 0 Å². The number of aromatic nitrogens is 4. The summed E-state index contributed by atoms with van der Waals surface area (Å²) in [6.07, 6.45) is 2.47. The number of aryl methyl sites for hydroxylation is 1. The van der Waals surface area contributed by atoms with Crippen molar-refractivity contribution in [2.45, 2.75) is 19.9 Å². The second-order valence-corrected chi connectivity index (χ2v) is 6.45. The Labute approximate surface area is 138 Å². The summed E-state index contributed by atoms with van der Waals surface area (Å²) in [7, 11) is 0. The van der Waals surface area contributed by atoms with Crippen molar-refractivity contribution in [2.24, 2.45) is 0 Å². The van der Waals surface area contributed by atoms with Crippen LogP contribution in [0.15, 0.2) is 22.3 Å². The van der Waals surface area contributed by atoms with Crippen molar-refractivity contribution >= 4 is 27.4 Å². The predicted octanol–water partition coefficient (Wildman–Crippen LogP) is 1.96. The number of nitrogens with zero attached hydrogens (tertiary/aromatic N) is 6. The summed E-state index contributed by atoms with van der Waals surface area (Å²) in [5, 5.41) is 7.17. The molecule has 23 heavy (non-hydrogen) atoms. The van der Waals surface area contributed by atoms with E-state index in [2.05, 4.69) is 41.4 Å². The zero-order chi connectivity index (χ0) is 15.6. The molecule has 1 fully saturated rings. The van der Waals surface area contributed by atoms with Crippen LogP contribution in [0.1, 0.15) is 18.6 Å². The lowest BCUT2D eigenvalue weighted by atomic mass is 10.2. The third kappa shape index (κ3) is 2.91. The first-order valence-electron chi connectivity index (χ1n) is 7.80. The van der Waals surface area contributed by atoms with Gasteiger partial charge < -0.3 is 9.42 Å². The minimum absolute atomic E-state index is 0.706. The van der Waals surface area contributed by atoms with Crippen LogP contribution in [0, 0.1) is 0 Å². The molecule has 0 saturated carbocycles. The molecular formula is C15H18N6OS. The Bertz CT molecular complexity index is 792. The summed E-state index contributed by atoms with van der Waals surface area (Å²) in [6, 6.07) is 2.10. The van der Waals surface area contributed by atoms with Gasteiger partial charge in [0.15, 0.2) is 5.82 Å². The van der Waals surface area contributed by atoms with Gasteiger partial charge in [0.1, 0.15) is 17.0 Å². The van der Waals surface area contributed by atoms with Crippen LogP contribution in [0.4, 0.5) is 5.82 Å². The van der Waals surface area contributed by atoms with Crippen LogP contribution in [0.3, 0.4) is 0 Å². The van der Waals surface area contributed by atoms with Gasteiger partial charge in [-0.25, -0.2) is 9.97 Å². The van der Waals surface area contributed by atoms with Gasteiger partial charge in [0, 0.05) is 32.6 Å². The molecule has 1 aliphatic heterocycles. The third-order valence-corrected chi connectivity index (χ3v) is 4.92. The van der Waals surface area contributed by atoms with E-state index in [1.807, 2.05) is 6.92 Å². The van der Waals surface area contributed by atoms with E-state index in [0.29, 0.717) is 5.89 Å². The van der Waals surface area contributed by atoms with Gasteiger partial charge in [-0.2, -0.15) is 4.98 Å². The fourth-order valence-electron chi connectivity index (χ4n) is 2.84. The molecule has 4 rings (SSSR count). The van der Waals surface area contributed by atoms with Crippen molar-refractivity contribution in [1.29, 1.82) is 0 Å². The first-order chi connectivity index (χ1) is 11.3. The van der Waals surface area contributed by atoms with E-state index in [1.165, 1.54) is 0 Å². The average Bonchev–Trinajstić information content (AvgIpc) is 3.24. The largest absolute Gasteiger partial charge is 0.353 e. The number of fused-ring (bicyclic) bond motifs is 1. The maximum Gasteiger partial charge on any atom is 0.240 e. The number of piperazine rings is 1. The highest BCUT2D eigenvalue weighted by molar-refractivity contribution is 7.16. The first-order valence-corrected chi connectivity index (χ1v) is 8.68. The lowest BCUT2D eigenvalue weighted by Gasteiger charge is -2.34. The summed E-state index contributed by atoms with van der Waals surface area (Å²) in [4.78, 5) is 18.9. The summed E-state index contributed by atoms with van der Waals surface area (Å²) in [5.41, 5.74) is 0. The van der Waals surface area contributed by atoms with Gasteiger partial charge in [-0.1, -0.05) is 12.1 Å². The Morgan fingerprint density at radius 1 is 1.22 bits per heavy atom. The second-order valence-electron chi connectivity index (χ2n) is 5.56. The van der Waals surface area contributed by atoms with Crippen LogP contribution >= 0.6 is 11.3 Å². The molecule has 0 spiro atoms. The van der Waals surface area contributed by atoms with E-state index < -0.39 is 0 Å². The number of hydrogen-bond donors (Lipinski definition) is 0. The maximum absolute atomic E-state index is 5.28. The molecule has 3 aromatic rings. The Kier molecular flexibility index (Phi) is 3.92. The van der Waals surface area contributed by atoms with Gasteiger partial charge in [-0.3, -0.25) is 4.90 Å². The normalized spacial score (nSPS) is 16.3. The monoisotopic (exact) mass is 330 g/mol. The Morgan fingerprint density at radius 3 is 2.87 bits per heavy atom. The minimum Gasteiger partial charge on any atom is -0.353 e. The highest BCUT2D eigenvalue weighted by atomic mass is 32.1. The number of thiophene rings is 1. The number of rotatable bonds is 4. The molecule has 0 atom stereocenters. The number of anilines is 1. The third-order valence-electron chi connectivity index (χ3n) is 4.10. The quantitative estimate of drug-likeness (QED) is 0.724. The first kappa shape index (κ1) is 14.5. The molecule has 0 unspecified atom stereocenters. The predicted molar refractivity (Wildman–Crippen MR) is 88.6 cm³/mol. The zero-order valence-electron chi connectivity index (χ0n) is 13.0. The molecule has 120 valence electrons. The molecule has 0 aliphatic carbocycles. The lowest BCUT2D eigenvalue weighted by molar-refractivity contribution is 0.215. The summed E-state index contributed by atoms with van der Waals surface area (Å²) < 4.78 is 5.28. The van der Waals surface area contributed by atoms with E-state index in [1.54, 1.807) is 17.7 Å². The summed E-state index contributed by atoms with van der Waals surface area (Å²) >= 11 is 1.66. The molecule has 0 radical (unpaired) electrons. The van der Waals surface area contributed by atoms with Crippen molar-refractivity contribution < 1.29 is 4.52 Å². The minimum atomic E-state index is 0.706. The molecule has 8 heteroatoms. The molecule has 3 aromatic heterocycles. The van der Waals surface area contributed by atoms with E-state index in [9.17, 15) is 0 Å². The molecule has 0 N–H and O–H groups in total. The second kappa shape index (κ2) is 6.21. The SMILES string of the molecule is CCc1noc(CN2CCN(c3ncnc4sccc34)CC2)n1. The van der Waals surface area contributed by atoms with Crippen LogP contribution < -0.4 is 4.90 Å². The molecule has 1 saturated heterocycles. The van der Waals surface area contributed by atoms with Crippen molar-refractivity contribution in [3.63, 3.8) is 0 Å². The highest BCUT2D eigenvalue weighted by Crippen LogP contribution is 2.27. The van der Waals surface area contributed by atoms with Crippen LogP contribution in [-0.4, -0.2) is 51.2 Å². The molecule has 0 amide bonds. The van der Waals surface area contributed by atoms with Crippen molar-refractivity contribution in [2.75, 3.05) is 31.1 Å². The standard InChI is InChI=1S/C15H18N6OS/c1-2-12-18-13(22-19-12)9-20-4-6-21(7-5-20)14-11-3-8-23-15(11)17-10-16-14/h3,8,10H,2,4-7,9H2,1H3. The van der Waals surface area contributed by atoms with E-state index in [4.69, 9.17) is 4.52 Å². The summed E-state index contributed by atoms with van der Waals surface area (Å²) in [5.74, 6) is 2.53. The Morgan fingerprint density at radius 2 is 2.09 bits per heavy atom. The van der Waals surface area contributed by atoms with Crippen LogP contribution in [0.2, 0.25) is 0 Å². The van der Waals surface area contributed by atoms with Crippen molar-refractivity contribution in [3.8, 4) is 0 Å². The van der Waals surface area contributed by atoms with Crippen LogP contribution in [-0.2, 0) is 13.0 Å². The summed E-state index contributed by atoms with van der Waals surface area (Å²) in [6.45, 7) is 6.55. The molecule has 0 aromatic carbocycles. The van der Waals surface area contributed by atoms with E-state index >= 15 is 0 Å². The maximum atomic E-state index is 5.28. The van der Waals surface area contributed by atoms with Gasteiger partial charge >= 0.3 is 0 Å². The van der Waals surface area contributed by atoms with Gasteiger partial charge in [-0.05, 0) is 11.4 Å². The van der Waals surface area contributed by atoms with Gasteiger partial charge in [0.25, 0.3) is 0 Å². The Hall–Kier alpha value is -2.06. The van der Waals surface area contributed by atoms with Gasteiger partial charge in [0.2, 0.25) is 5.89 Å². The molecule has 4 heterocycles.